The summed E-state index contributed by atoms with van der Waals surface area (Å²) in [7, 11) is 0. The van der Waals surface area contributed by atoms with Gasteiger partial charge in [0.05, 0.1) is 5.60 Å². The number of hydrogen-bond acceptors (Lipinski definition) is 5. The van der Waals surface area contributed by atoms with E-state index >= 15 is 0 Å². The van der Waals surface area contributed by atoms with Crippen molar-refractivity contribution in [2.24, 2.45) is 0 Å². The Morgan fingerprint density at radius 3 is 2.62 bits per heavy atom. The van der Waals surface area contributed by atoms with Gasteiger partial charge in [0, 0.05) is 42.8 Å². The Labute approximate surface area is 125 Å². The van der Waals surface area contributed by atoms with Crippen LogP contribution in [0.1, 0.15) is 26.5 Å². The molecule has 1 N–H and O–H groups in total. The summed E-state index contributed by atoms with van der Waals surface area (Å²) in [6.45, 7) is 8.88. The summed E-state index contributed by atoms with van der Waals surface area (Å²) >= 11 is 0. The fourth-order valence-corrected chi connectivity index (χ4v) is 2.16. The molecule has 0 aliphatic carbocycles. The molecule has 0 unspecified atom stereocenters. The van der Waals surface area contributed by atoms with Crippen molar-refractivity contribution in [1.82, 2.24) is 15.0 Å². The molecule has 2 aromatic heterocycles. The lowest BCUT2D eigenvalue weighted by molar-refractivity contribution is 0.0874. The van der Waals surface area contributed by atoms with Crippen molar-refractivity contribution in [3.63, 3.8) is 0 Å². The summed E-state index contributed by atoms with van der Waals surface area (Å²) in [4.78, 5) is 15.3. The summed E-state index contributed by atoms with van der Waals surface area (Å²) in [6.07, 6.45) is 3.48. The number of pyridine rings is 1. The number of hydrogen-bond donors (Lipinski definition) is 1. The van der Waals surface area contributed by atoms with Crippen LogP contribution in [0, 0.1) is 6.92 Å². The first-order valence-corrected chi connectivity index (χ1v) is 7.12. The van der Waals surface area contributed by atoms with Crippen LogP contribution in [0.5, 0.6) is 0 Å². The van der Waals surface area contributed by atoms with E-state index in [4.69, 9.17) is 0 Å². The van der Waals surface area contributed by atoms with Crippen molar-refractivity contribution in [3.05, 3.63) is 36.3 Å². The molecule has 0 saturated heterocycles. The van der Waals surface area contributed by atoms with E-state index in [2.05, 4.69) is 19.9 Å². The van der Waals surface area contributed by atoms with Crippen LogP contribution in [0.2, 0.25) is 0 Å². The third-order valence-corrected chi connectivity index (χ3v) is 3.04. The standard InChI is InChI=1S/C16H22N4O/c1-5-20(11-16(3,4)21)14-9-12(2)18-15(19-14)13-7-6-8-17-10-13/h6-10,21H,5,11H2,1-4H3. The monoisotopic (exact) mass is 286 g/mol. The van der Waals surface area contributed by atoms with E-state index in [0.29, 0.717) is 12.4 Å². The second-order valence-electron chi connectivity index (χ2n) is 5.76. The van der Waals surface area contributed by atoms with Gasteiger partial charge in [0.1, 0.15) is 5.82 Å². The van der Waals surface area contributed by atoms with Gasteiger partial charge in [0.15, 0.2) is 5.82 Å². The second-order valence-corrected chi connectivity index (χ2v) is 5.76. The van der Waals surface area contributed by atoms with Crippen LogP contribution in [-0.2, 0) is 0 Å². The normalized spacial score (nSPS) is 11.5. The lowest BCUT2D eigenvalue weighted by Gasteiger charge is -2.29. The summed E-state index contributed by atoms with van der Waals surface area (Å²) in [5.74, 6) is 1.48. The SMILES string of the molecule is CCN(CC(C)(C)O)c1cc(C)nc(-c2cccnc2)n1. The molecule has 2 heterocycles. The van der Waals surface area contributed by atoms with Crippen LogP contribution in [0.4, 0.5) is 5.82 Å². The van der Waals surface area contributed by atoms with Crippen LogP contribution in [0.15, 0.2) is 30.6 Å². The number of nitrogens with zero attached hydrogens (tertiary/aromatic N) is 4. The Bertz CT molecular complexity index is 593. The second kappa shape index (κ2) is 6.18. The summed E-state index contributed by atoms with van der Waals surface area (Å²) in [6, 6.07) is 5.75. The molecule has 0 fully saturated rings. The van der Waals surface area contributed by atoms with Gasteiger partial charge in [-0.15, -0.1) is 0 Å². The predicted molar refractivity (Wildman–Crippen MR) is 84.2 cm³/mol. The Hall–Kier alpha value is -2.01. The number of aliphatic hydroxyl groups is 1. The van der Waals surface area contributed by atoms with E-state index in [0.717, 1.165) is 23.6 Å². The fraction of sp³-hybridized carbons (Fsp3) is 0.438. The van der Waals surface area contributed by atoms with Gasteiger partial charge in [0.25, 0.3) is 0 Å². The maximum absolute atomic E-state index is 10.0. The van der Waals surface area contributed by atoms with Gasteiger partial charge in [-0.1, -0.05) is 0 Å². The molecular weight excluding hydrogens is 264 g/mol. The molecule has 21 heavy (non-hydrogen) atoms. The number of aromatic nitrogens is 3. The van der Waals surface area contributed by atoms with Gasteiger partial charge < -0.3 is 10.0 Å². The minimum Gasteiger partial charge on any atom is -0.389 e. The molecule has 2 aromatic rings. The van der Waals surface area contributed by atoms with Gasteiger partial charge in [0.2, 0.25) is 0 Å². The van der Waals surface area contributed by atoms with Crippen LogP contribution >= 0.6 is 0 Å². The first kappa shape index (κ1) is 15.4. The van der Waals surface area contributed by atoms with Gasteiger partial charge in [-0.2, -0.15) is 0 Å². The molecule has 2 rings (SSSR count). The zero-order chi connectivity index (χ0) is 15.5. The number of anilines is 1. The first-order chi connectivity index (χ1) is 9.89. The molecular formula is C16H22N4O. The van der Waals surface area contributed by atoms with Crippen molar-refractivity contribution in [3.8, 4) is 11.4 Å². The minimum absolute atomic E-state index is 0.520. The molecule has 0 amide bonds. The number of likely N-dealkylation sites (N-methyl/N-ethyl adjacent to an activating group) is 1. The average Bonchev–Trinajstić information content (AvgIpc) is 2.44. The molecule has 0 aliphatic rings. The van der Waals surface area contributed by atoms with Crippen molar-refractivity contribution < 1.29 is 5.11 Å². The van der Waals surface area contributed by atoms with Crippen LogP contribution in [-0.4, -0.2) is 38.7 Å². The summed E-state index contributed by atoms with van der Waals surface area (Å²) < 4.78 is 0. The highest BCUT2D eigenvalue weighted by Gasteiger charge is 2.19. The van der Waals surface area contributed by atoms with Crippen molar-refractivity contribution in [2.45, 2.75) is 33.3 Å². The van der Waals surface area contributed by atoms with Crippen molar-refractivity contribution in [1.29, 1.82) is 0 Å². The third-order valence-electron chi connectivity index (χ3n) is 3.04. The van der Waals surface area contributed by atoms with Crippen LogP contribution in [0.3, 0.4) is 0 Å². The predicted octanol–water partition coefficient (Wildman–Crippen LogP) is 2.44. The van der Waals surface area contributed by atoms with E-state index in [-0.39, 0.29) is 0 Å². The maximum atomic E-state index is 10.0. The topological polar surface area (TPSA) is 62.1 Å². The van der Waals surface area contributed by atoms with Crippen molar-refractivity contribution >= 4 is 5.82 Å². The molecule has 0 radical (unpaired) electrons. The minimum atomic E-state index is -0.774. The summed E-state index contributed by atoms with van der Waals surface area (Å²) in [5, 5.41) is 10.0. The van der Waals surface area contributed by atoms with E-state index in [1.165, 1.54) is 0 Å². The molecule has 0 atom stereocenters. The molecule has 0 spiro atoms. The molecule has 0 aromatic carbocycles. The molecule has 0 bridgehead atoms. The van der Waals surface area contributed by atoms with Crippen LogP contribution in [0.25, 0.3) is 11.4 Å². The van der Waals surface area contributed by atoms with Gasteiger partial charge >= 0.3 is 0 Å². The highest BCUT2D eigenvalue weighted by molar-refractivity contribution is 5.56. The maximum Gasteiger partial charge on any atom is 0.163 e. The Balaban J connectivity index is 2.38. The summed E-state index contributed by atoms with van der Waals surface area (Å²) in [5.41, 5.74) is 1.01. The third kappa shape index (κ3) is 4.23. The lowest BCUT2D eigenvalue weighted by atomic mass is 10.1. The average molecular weight is 286 g/mol. The zero-order valence-corrected chi connectivity index (χ0v) is 13.0. The Morgan fingerprint density at radius 1 is 1.29 bits per heavy atom. The largest absolute Gasteiger partial charge is 0.389 e. The van der Waals surface area contributed by atoms with Gasteiger partial charge in [-0.25, -0.2) is 9.97 Å². The molecule has 0 saturated carbocycles. The number of aryl methyl sites for hydroxylation is 1. The Morgan fingerprint density at radius 2 is 2.05 bits per heavy atom. The zero-order valence-electron chi connectivity index (χ0n) is 13.0. The highest BCUT2D eigenvalue weighted by Crippen LogP contribution is 2.20. The quantitative estimate of drug-likeness (QED) is 0.914. The van der Waals surface area contributed by atoms with Crippen LogP contribution < -0.4 is 4.90 Å². The molecule has 5 nitrogen and oxygen atoms in total. The molecule has 112 valence electrons. The molecule has 0 aliphatic heterocycles. The van der Waals surface area contributed by atoms with Crippen molar-refractivity contribution in [2.75, 3.05) is 18.0 Å². The first-order valence-electron chi connectivity index (χ1n) is 7.12. The van der Waals surface area contributed by atoms with Gasteiger partial charge in [-0.05, 0) is 39.8 Å². The smallest absolute Gasteiger partial charge is 0.163 e. The van der Waals surface area contributed by atoms with Gasteiger partial charge in [-0.3, -0.25) is 4.98 Å². The van der Waals surface area contributed by atoms with E-state index < -0.39 is 5.60 Å². The fourth-order valence-electron chi connectivity index (χ4n) is 2.16. The van der Waals surface area contributed by atoms with E-state index in [1.54, 1.807) is 26.2 Å². The lowest BCUT2D eigenvalue weighted by Crippen LogP contribution is -2.39. The highest BCUT2D eigenvalue weighted by atomic mass is 16.3. The molecule has 5 heteroatoms. The Kier molecular flexibility index (Phi) is 4.53. The van der Waals surface area contributed by atoms with E-state index in [1.807, 2.05) is 32.0 Å². The number of rotatable bonds is 5. The van der Waals surface area contributed by atoms with E-state index in [9.17, 15) is 5.11 Å².